The minimum absolute atomic E-state index is 0.313. The smallest absolute Gasteiger partial charge is 0.252 e. The number of carbonyl (C=O) groups excluding carboxylic acids is 2. The van der Waals surface area contributed by atoms with Gasteiger partial charge in [-0.25, -0.2) is 0 Å². The molecule has 7 heteroatoms. The van der Waals surface area contributed by atoms with E-state index in [0.717, 1.165) is 5.56 Å². The highest BCUT2D eigenvalue weighted by atomic mass is 35.5. The molecule has 0 saturated carbocycles. The number of rotatable bonds is 7. The normalized spacial score (nSPS) is 11.4. The lowest BCUT2D eigenvalue weighted by Gasteiger charge is -2.19. The Bertz CT molecular complexity index is 1040. The number of carbonyl (C=O) groups is 2. The molecule has 0 fully saturated rings. The molecule has 3 aromatic carbocycles. The van der Waals surface area contributed by atoms with Crippen molar-refractivity contribution in [3.05, 3.63) is 94.0 Å². The van der Waals surface area contributed by atoms with Gasteiger partial charge in [0.25, 0.3) is 5.91 Å². The van der Waals surface area contributed by atoms with Crippen LogP contribution in [0.25, 0.3) is 0 Å². The van der Waals surface area contributed by atoms with E-state index in [-0.39, 0.29) is 11.8 Å². The summed E-state index contributed by atoms with van der Waals surface area (Å²) in [4.78, 5) is 25.8. The van der Waals surface area contributed by atoms with Gasteiger partial charge in [0.15, 0.2) is 0 Å². The summed E-state index contributed by atoms with van der Waals surface area (Å²) in [7, 11) is 1.53. The summed E-state index contributed by atoms with van der Waals surface area (Å²) in [5.74, 6) is -0.217. The summed E-state index contributed by atoms with van der Waals surface area (Å²) in [6, 6.07) is 20.1. The van der Waals surface area contributed by atoms with Crippen LogP contribution < -0.4 is 15.4 Å². The third kappa shape index (κ3) is 5.75. The second-order valence-electron chi connectivity index (χ2n) is 6.56. The van der Waals surface area contributed by atoms with Crippen LogP contribution in [-0.2, 0) is 11.2 Å². The van der Waals surface area contributed by atoms with Crippen LogP contribution in [-0.4, -0.2) is 25.0 Å². The van der Waals surface area contributed by atoms with Crippen LogP contribution in [0.5, 0.6) is 5.75 Å². The van der Waals surface area contributed by atoms with E-state index in [4.69, 9.17) is 27.9 Å². The van der Waals surface area contributed by atoms with Gasteiger partial charge in [-0.2, -0.15) is 0 Å². The van der Waals surface area contributed by atoms with Gasteiger partial charge in [-0.15, -0.1) is 0 Å². The average molecular weight is 443 g/mol. The SMILES string of the molecule is COc1cccc(C(=O)NC(Cc2ccccc2)C(=O)Nc2ccc(Cl)cc2Cl)c1. The van der Waals surface area contributed by atoms with Gasteiger partial charge in [-0.3, -0.25) is 9.59 Å². The summed E-state index contributed by atoms with van der Waals surface area (Å²) in [5, 5.41) is 6.35. The highest BCUT2D eigenvalue weighted by Gasteiger charge is 2.23. The van der Waals surface area contributed by atoms with Crippen molar-refractivity contribution in [2.24, 2.45) is 0 Å². The first-order valence-corrected chi connectivity index (χ1v) is 9.96. The lowest BCUT2D eigenvalue weighted by molar-refractivity contribution is -0.118. The number of halogens is 2. The molecule has 0 aliphatic rings. The standard InChI is InChI=1S/C23H20Cl2N2O3/c1-30-18-9-5-8-16(13-18)22(28)27-21(12-15-6-3-2-4-7-15)23(29)26-20-11-10-17(24)14-19(20)25/h2-11,13-14,21H,12H2,1H3,(H,26,29)(H,27,28). The van der Waals surface area contributed by atoms with E-state index in [1.807, 2.05) is 30.3 Å². The molecule has 5 nitrogen and oxygen atoms in total. The fraction of sp³-hybridized carbons (Fsp3) is 0.130. The maximum atomic E-state index is 13.0. The summed E-state index contributed by atoms with van der Waals surface area (Å²) < 4.78 is 5.17. The maximum Gasteiger partial charge on any atom is 0.252 e. The van der Waals surface area contributed by atoms with Crippen LogP contribution in [0.1, 0.15) is 15.9 Å². The lowest BCUT2D eigenvalue weighted by Crippen LogP contribution is -2.45. The van der Waals surface area contributed by atoms with Gasteiger partial charge in [0.1, 0.15) is 11.8 Å². The molecule has 2 N–H and O–H groups in total. The predicted molar refractivity (Wildman–Crippen MR) is 119 cm³/mol. The Morgan fingerprint density at radius 2 is 1.73 bits per heavy atom. The first kappa shape index (κ1) is 21.7. The monoisotopic (exact) mass is 442 g/mol. The zero-order valence-electron chi connectivity index (χ0n) is 16.2. The van der Waals surface area contributed by atoms with E-state index in [0.29, 0.717) is 33.5 Å². The van der Waals surface area contributed by atoms with E-state index in [1.165, 1.54) is 7.11 Å². The third-order valence-corrected chi connectivity index (χ3v) is 4.97. The number of benzene rings is 3. The first-order valence-electron chi connectivity index (χ1n) is 9.21. The minimum Gasteiger partial charge on any atom is -0.497 e. The molecular formula is C23H20Cl2N2O3. The Morgan fingerprint density at radius 3 is 2.43 bits per heavy atom. The predicted octanol–water partition coefficient (Wildman–Crippen LogP) is 4.98. The van der Waals surface area contributed by atoms with Crippen molar-refractivity contribution >= 4 is 40.7 Å². The van der Waals surface area contributed by atoms with Crippen molar-refractivity contribution in [2.45, 2.75) is 12.5 Å². The molecule has 0 aliphatic heterocycles. The fourth-order valence-electron chi connectivity index (χ4n) is 2.88. The molecule has 0 bridgehead atoms. The van der Waals surface area contributed by atoms with Crippen molar-refractivity contribution < 1.29 is 14.3 Å². The summed E-state index contributed by atoms with van der Waals surface area (Å²) in [5.41, 5.74) is 1.72. The Hall–Kier alpha value is -3.02. The molecule has 0 heterocycles. The maximum absolute atomic E-state index is 13.0. The molecule has 2 amide bonds. The van der Waals surface area contributed by atoms with Gasteiger partial charge < -0.3 is 15.4 Å². The molecular weight excluding hydrogens is 423 g/mol. The first-order chi connectivity index (χ1) is 14.5. The van der Waals surface area contributed by atoms with Gasteiger partial charge in [0.05, 0.1) is 17.8 Å². The van der Waals surface area contributed by atoms with Crippen molar-refractivity contribution in [2.75, 3.05) is 12.4 Å². The third-order valence-electron chi connectivity index (χ3n) is 4.43. The van der Waals surface area contributed by atoms with Crippen LogP contribution in [0.15, 0.2) is 72.8 Å². The van der Waals surface area contributed by atoms with E-state index in [2.05, 4.69) is 10.6 Å². The molecule has 0 radical (unpaired) electrons. The van der Waals surface area contributed by atoms with Gasteiger partial charge >= 0.3 is 0 Å². The van der Waals surface area contributed by atoms with E-state index in [9.17, 15) is 9.59 Å². The van der Waals surface area contributed by atoms with Crippen LogP contribution in [0.4, 0.5) is 5.69 Å². The number of hydrogen-bond acceptors (Lipinski definition) is 3. The summed E-state index contributed by atoms with van der Waals surface area (Å²) in [6.07, 6.45) is 0.313. The van der Waals surface area contributed by atoms with Crippen LogP contribution in [0, 0.1) is 0 Å². The zero-order valence-corrected chi connectivity index (χ0v) is 17.7. The fourth-order valence-corrected chi connectivity index (χ4v) is 3.33. The van der Waals surface area contributed by atoms with Crippen molar-refractivity contribution in [1.82, 2.24) is 5.32 Å². The number of nitrogens with one attached hydrogen (secondary N) is 2. The number of anilines is 1. The zero-order chi connectivity index (χ0) is 21.5. The van der Waals surface area contributed by atoms with E-state index < -0.39 is 6.04 Å². The van der Waals surface area contributed by atoms with E-state index >= 15 is 0 Å². The molecule has 0 aliphatic carbocycles. The number of hydrogen-bond donors (Lipinski definition) is 2. The molecule has 0 spiro atoms. The number of amides is 2. The highest BCUT2D eigenvalue weighted by Crippen LogP contribution is 2.25. The summed E-state index contributed by atoms with van der Waals surface area (Å²) >= 11 is 12.1. The van der Waals surface area contributed by atoms with Gasteiger partial charge in [-0.1, -0.05) is 59.6 Å². The number of methoxy groups -OCH3 is 1. The Morgan fingerprint density at radius 1 is 0.967 bits per heavy atom. The second-order valence-corrected chi connectivity index (χ2v) is 7.40. The van der Waals surface area contributed by atoms with Gasteiger partial charge in [0.2, 0.25) is 5.91 Å². The lowest BCUT2D eigenvalue weighted by atomic mass is 10.0. The number of ether oxygens (including phenoxy) is 1. The van der Waals surface area contributed by atoms with Crippen LogP contribution >= 0.6 is 23.2 Å². The molecule has 3 aromatic rings. The largest absolute Gasteiger partial charge is 0.497 e. The Balaban J connectivity index is 1.81. The van der Waals surface area contributed by atoms with Gasteiger partial charge in [-0.05, 0) is 42.0 Å². The van der Waals surface area contributed by atoms with Crippen molar-refractivity contribution in [3.63, 3.8) is 0 Å². The molecule has 30 heavy (non-hydrogen) atoms. The topological polar surface area (TPSA) is 67.4 Å². The highest BCUT2D eigenvalue weighted by molar-refractivity contribution is 6.36. The molecule has 0 aromatic heterocycles. The van der Waals surface area contributed by atoms with E-state index in [1.54, 1.807) is 42.5 Å². The average Bonchev–Trinajstić information content (AvgIpc) is 2.76. The van der Waals surface area contributed by atoms with Crippen LogP contribution in [0.3, 0.4) is 0 Å². The second kappa shape index (κ2) is 10.1. The van der Waals surface area contributed by atoms with Crippen LogP contribution in [0.2, 0.25) is 10.0 Å². The molecule has 0 saturated heterocycles. The Labute approximate surface area is 185 Å². The Kier molecular flexibility index (Phi) is 7.33. The molecule has 1 atom stereocenters. The van der Waals surface area contributed by atoms with Gasteiger partial charge in [0, 0.05) is 17.0 Å². The minimum atomic E-state index is -0.821. The van der Waals surface area contributed by atoms with Crippen molar-refractivity contribution in [1.29, 1.82) is 0 Å². The van der Waals surface area contributed by atoms with Crippen molar-refractivity contribution in [3.8, 4) is 5.75 Å². The molecule has 3 rings (SSSR count). The quantitative estimate of drug-likeness (QED) is 0.541. The summed E-state index contributed by atoms with van der Waals surface area (Å²) in [6.45, 7) is 0. The molecule has 154 valence electrons. The molecule has 1 unspecified atom stereocenters.